The van der Waals surface area contributed by atoms with Crippen molar-refractivity contribution in [3.8, 4) is 5.75 Å². The SMILES string of the molecule is CCCOc1ccc(B2OC(C)(C)C(C)(C)O2)cc1CC(=O)O. The Morgan fingerprint density at radius 3 is 2.35 bits per heavy atom. The van der Waals surface area contributed by atoms with E-state index in [-0.39, 0.29) is 6.42 Å². The van der Waals surface area contributed by atoms with E-state index in [2.05, 4.69) is 0 Å². The summed E-state index contributed by atoms with van der Waals surface area (Å²) >= 11 is 0. The average Bonchev–Trinajstić information content (AvgIpc) is 2.65. The zero-order chi connectivity index (χ0) is 17.3. The molecule has 0 amide bonds. The van der Waals surface area contributed by atoms with Crippen LogP contribution < -0.4 is 10.2 Å². The first-order chi connectivity index (χ1) is 10.7. The third-order valence-corrected chi connectivity index (χ3v) is 4.41. The predicted molar refractivity (Wildman–Crippen MR) is 89.3 cm³/mol. The second kappa shape index (κ2) is 6.53. The first kappa shape index (κ1) is 17.8. The first-order valence-electron chi connectivity index (χ1n) is 7.99. The van der Waals surface area contributed by atoms with Crippen LogP contribution in [0, 0.1) is 0 Å². The van der Waals surface area contributed by atoms with Crippen LogP contribution in [-0.2, 0) is 20.5 Å². The molecule has 2 rings (SSSR count). The predicted octanol–water partition coefficient (Wildman–Crippen LogP) is 2.40. The molecule has 1 aromatic carbocycles. The van der Waals surface area contributed by atoms with Crippen LogP contribution >= 0.6 is 0 Å². The Hall–Kier alpha value is -1.53. The largest absolute Gasteiger partial charge is 0.494 e. The van der Waals surface area contributed by atoms with Gasteiger partial charge in [0.25, 0.3) is 0 Å². The molecule has 126 valence electrons. The molecule has 1 heterocycles. The van der Waals surface area contributed by atoms with Crippen molar-refractivity contribution in [1.82, 2.24) is 0 Å². The fourth-order valence-corrected chi connectivity index (χ4v) is 2.38. The van der Waals surface area contributed by atoms with Gasteiger partial charge < -0.3 is 19.2 Å². The minimum atomic E-state index is -0.891. The molecule has 0 aromatic heterocycles. The van der Waals surface area contributed by atoms with Crippen molar-refractivity contribution in [1.29, 1.82) is 0 Å². The summed E-state index contributed by atoms with van der Waals surface area (Å²) in [6.07, 6.45) is 0.776. The number of benzene rings is 1. The van der Waals surface area contributed by atoms with E-state index >= 15 is 0 Å². The van der Waals surface area contributed by atoms with Crippen molar-refractivity contribution < 1.29 is 23.9 Å². The Kier molecular flexibility index (Phi) is 5.06. The Morgan fingerprint density at radius 1 is 1.22 bits per heavy atom. The molecule has 0 radical (unpaired) electrons. The molecule has 0 atom stereocenters. The van der Waals surface area contributed by atoms with Crippen molar-refractivity contribution in [2.24, 2.45) is 0 Å². The van der Waals surface area contributed by atoms with Gasteiger partial charge in [0.2, 0.25) is 0 Å². The molecule has 0 saturated carbocycles. The molecule has 5 nitrogen and oxygen atoms in total. The maximum Gasteiger partial charge on any atom is 0.494 e. The smallest absolute Gasteiger partial charge is 0.493 e. The molecule has 0 spiro atoms. The third-order valence-electron chi connectivity index (χ3n) is 4.41. The molecule has 1 saturated heterocycles. The first-order valence-corrected chi connectivity index (χ1v) is 7.99. The Balaban J connectivity index is 2.28. The van der Waals surface area contributed by atoms with Gasteiger partial charge in [-0.15, -0.1) is 0 Å². The lowest BCUT2D eigenvalue weighted by Gasteiger charge is -2.32. The zero-order valence-corrected chi connectivity index (χ0v) is 14.5. The normalized spacial score (nSPS) is 18.9. The summed E-state index contributed by atoms with van der Waals surface area (Å²) in [5.41, 5.74) is 0.589. The number of ether oxygens (including phenoxy) is 1. The second-order valence-corrected chi connectivity index (χ2v) is 6.87. The highest BCUT2D eigenvalue weighted by molar-refractivity contribution is 6.62. The van der Waals surface area contributed by atoms with E-state index in [4.69, 9.17) is 19.2 Å². The summed E-state index contributed by atoms with van der Waals surface area (Å²) in [6.45, 7) is 10.5. The lowest BCUT2D eigenvalue weighted by atomic mass is 9.78. The standard InChI is InChI=1S/C17H25BO5/c1-6-9-21-14-8-7-13(10-12(14)11-15(19)20)18-22-16(2,3)17(4,5)23-18/h7-8,10H,6,9,11H2,1-5H3,(H,19,20). The molecule has 1 aliphatic rings. The molecule has 0 aliphatic carbocycles. The summed E-state index contributed by atoms with van der Waals surface area (Å²) in [5.74, 6) is -0.285. The van der Waals surface area contributed by atoms with Gasteiger partial charge in [-0.1, -0.05) is 19.1 Å². The lowest BCUT2D eigenvalue weighted by molar-refractivity contribution is -0.136. The van der Waals surface area contributed by atoms with Gasteiger partial charge in [-0.05, 0) is 45.6 Å². The van der Waals surface area contributed by atoms with Crippen LogP contribution in [0.15, 0.2) is 18.2 Å². The van der Waals surface area contributed by atoms with Crippen LogP contribution in [0.25, 0.3) is 0 Å². The molecular weight excluding hydrogens is 295 g/mol. The molecule has 1 fully saturated rings. The van der Waals surface area contributed by atoms with Crippen LogP contribution in [0.1, 0.15) is 46.6 Å². The van der Waals surface area contributed by atoms with Gasteiger partial charge >= 0.3 is 13.1 Å². The van der Waals surface area contributed by atoms with E-state index in [1.807, 2.05) is 40.7 Å². The highest BCUT2D eigenvalue weighted by atomic mass is 16.7. The highest BCUT2D eigenvalue weighted by Gasteiger charge is 2.51. The van der Waals surface area contributed by atoms with E-state index in [9.17, 15) is 4.79 Å². The van der Waals surface area contributed by atoms with Gasteiger partial charge in [0.15, 0.2) is 0 Å². The number of carbonyl (C=O) groups is 1. The summed E-state index contributed by atoms with van der Waals surface area (Å²) in [5, 5.41) is 9.12. The zero-order valence-electron chi connectivity index (χ0n) is 14.5. The van der Waals surface area contributed by atoms with Crippen LogP contribution in [-0.4, -0.2) is 36.0 Å². The Labute approximate surface area is 138 Å². The van der Waals surface area contributed by atoms with Crippen molar-refractivity contribution in [2.45, 2.75) is 58.7 Å². The van der Waals surface area contributed by atoms with Crippen molar-refractivity contribution >= 4 is 18.6 Å². The van der Waals surface area contributed by atoms with Gasteiger partial charge in [0, 0.05) is 5.56 Å². The van der Waals surface area contributed by atoms with Crippen LogP contribution in [0.5, 0.6) is 5.75 Å². The van der Waals surface area contributed by atoms with Gasteiger partial charge in [0.1, 0.15) is 5.75 Å². The van der Waals surface area contributed by atoms with E-state index < -0.39 is 24.3 Å². The quantitative estimate of drug-likeness (QED) is 0.816. The molecule has 23 heavy (non-hydrogen) atoms. The number of carboxylic acids is 1. The summed E-state index contributed by atoms with van der Waals surface area (Å²) in [7, 11) is -0.507. The van der Waals surface area contributed by atoms with E-state index in [0.29, 0.717) is 17.9 Å². The van der Waals surface area contributed by atoms with E-state index in [1.54, 1.807) is 12.1 Å². The maximum absolute atomic E-state index is 11.1. The van der Waals surface area contributed by atoms with Crippen LogP contribution in [0.3, 0.4) is 0 Å². The number of hydrogen-bond donors (Lipinski definition) is 1. The molecule has 1 aliphatic heterocycles. The van der Waals surface area contributed by atoms with Crippen molar-refractivity contribution in [3.63, 3.8) is 0 Å². The number of carboxylic acid groups (broad SMARTS) is 1. The van der Waals surface area contributed by atoms with Crippen LogP contribution in [0.2, 0.25) is 0 Å². The van der Waals surface area contributed by atoms with Crippen molar-refractivity contribution in [3.05, 3.63) is 23.8 Å². The average molecular weight is 320 g/mol. The molecule has 1 aromatic rings. The Bertz CT molecular complexity index is 566. The fourth-order valence-electron chi connectivity index (χ4n) is 2.38. The number of hydrogen-bond acceptors (Lipinski definition) is 4. The molecule has 0 bridgehead atoms. The number of rotatable bonds is 6. The summed E-state index contributed by atoms with van der Waals surface area (Å²) in [6, 6.07) is 5.48. The second-order valence-electron chi connectivity index (χ2n) is 6.87. The topological polar surface area (TPSA) is 65.0 Å². The van der Waals surface area contributed by atoms with E-state index in [1.165, 1.54) is 0 Å². The summed E-state index contributed by atoms with van der Waals surface area (Å²) in [4.78, 5) is 11.1. The minimum absolute atomic E-state index is 0.0909. The van der Waals surface area contributed by atoms with Gasteiger partial charge in [-0.3, -0.25) is 4.79 Å². The Morgan fingerprint density at radius 2 is 1.83 bits per heavy atom. The minimum Gasteiger partial charge on any atom is -0.493 e. The lowest BCUT2D eigenvalue weighted by Crippen LogP contribution is -2.41. The molecule has 1 N–H and O–H groups in total. The van der Waals surface area contributed by atoms with E-state index in [0.717, 1.165) is 11.9 Å². The van der Waals surface area contributed by atoms with Gasteiger partial charge in [0.05, 0.1) is 24.2 Å². The molecule has 0 unspecified atom stereocenters. The third kappa shape index (κ3) is 3.87. The fraction of sp³-hybridized carbons (Fsp3) is 0.588. The van der Waals surface area contributed by atoms with Gasteiger partial charge in [-0.2, -0.15) is 0 Å². The number of aliphatic carboxylic acids is 1. The van der Waals surface area contributed by atoms with Crippen LogP contribution in [0.4, 0.5) is 0 Å². The summed E-state index contributed by atoms with van der Waals surface area (Å²) < 4.78 is 17.7. The van der Waals surface area contributed by atoms with Crippen molar-refractivity contribution in [2.75, 3.05) is 6.61 Å². The monoisotopic (exact) mass is 320 g/mol. The molecular formula is C17H25BO5. The van der Waals surface area contributed by atoms with Gasteiger partial charge in [-0.25, -0.2) is 0 Å². The maximum atomic E-state index is 11.1. The molecule has 6 heteroatoms. The highest BCUT2D eigenvalue weighted by Crippen LogP contribution is 2.36.